The fourth-order valence-corrected chi connectivity index (χ4v) is 0.747. The van der Waals surface area contributed by atoms with Crippen LogP contribution >= 0.6 is 0 Å². The van der Waals surface area contributed by atoms with E-state index in [1.807, 2.05) is 13.8 Å². The smallest absolute Gasteiger partial charge is 0.275 e. The van der Waals surface area contributed by atoms with Crippen LogP contribution in [0.4, 0.5) is 0 Å². The predicted molar refractivity (Wildman–Crippen MR) is 38.1 cm³/mol. The van der Waals surface area contributed by atoms with E-state index in [-0.39, 0.29) is 6.42 Å². The molecule has 0 aliphatic carbocycles. The van der Waals surface area contributed by atoms with E-state index in [4.69, 9.17) is 15.3 Å². The molecule has 0 saturated carbocycles. The Morgan fingerprint density at radius 1 is 1.20 bits per heavy atom. The van der Waals surface area contributed by atoms with Gasteiger partial charge in [0.2, 0.25) is 0 Å². The van der Waals surface area contributed by atoms with Gasteiger partial charge >= 0.3 is 0 Å². The van der Waals surface area contributed by atoms with Crippen LogP contribution in [-0.2, 0) is 0 Å². The summed E-state index contributed by atoms with van der Waals surface area (Å²) in [4.78, 5) is 0. The van der Waals surface area contributed by atoms with Crippen molar-refractivity contribution in [3.63, 3.8) is 0 Å². The zero-order valence-corrected chi connectivity index (χ0v) is 6.54. The number of hydrogen-bond donors (Lipinski definition) is 3. The Labute approximate surface area is 61.3 Å². The zero-order chi connectivity index (χ0) is 8.20. The lowest BCUT2D eigenvalue weighted by Crippen LogP contribution is -2.26. The van der Waals surface area contributed by atoms with Crippen LogP contribution in [0.1, 0.15) is 33.1 Å². The highest BCUT2D eigenvalue weighted by Crippen LogP contribution is 2.11. The maximum absolute atomic E-state index is 8.44. The van der Waals surface area contributed by atoms with E-state index >= 15 is 0 Å². The van der Waals surface area contributed by atoms with Crippen molar-refractivity contribution >= 4 is 0 Å². The molecule has 0 aliphatic rings. The molecule has 0 bridgehead atoms. The van der Waals surface area contributed by atoms with Gasteiger partial charge in [-0.15, -0.1) is 0 Å². The van der Waals surface area contributed by atoms with Crippen LogP contribution in [0.5, 0.6) is 0 Å². The molecule has 0 aliphatic heterocycles. The first-order valence-electron chi connectivity index (χ1n) is 3.59. The van der Waals surface area contributed by atoms with Gasteiger partial charge in [0, 0.05) is 6.42 Å². The highest BCUT2D eigenvalue weighted by Gasteiger charge is 2.16. The molecule has 3 nitrogen and oxygen atoms in total. The van der Waals surface area contributed by atoms with E-state index in [0.29, 0.717) is 12.3 Å². The summed E-state index contributed by atoms with van der Waals surface area (Å²) in [6, 6.07) is 0. The van der Waals surface area contributed by atoms with Crippen molar-refractivity contribution in [3.05, 3.63) is 0 Å². The highest BCUT2D eigenvalue weighted by molar-refractivity contribution is 4.51. The molecule has 3 heteroatoms. The minimum atomic E-state index is -2.46. The average molecular weight is 148 g/mol. The van der Waals surface area contributed by atoms with Gasteiger partial charge in [-0.25, -0.2) is 0 Å². The predicted octanol–water partition coefficient (Wildman–Crippen LogP) is 0.443. The minimum Gasteiger partial charge on any atom is -0.344 e. The van der Waals surface area contributed by atoms with Crippen molar-refractivity contribution in [2.24, 2.45) is 5.92 Å². The quantitative estimate of drug-likeness (QED) is 0.507. The third-order valence-corrected chi connectivity index (χ3v) is 1.29. The van der Waals surface area contributed by atoms with Crippen molar-refractivity contribution in [3.8, 4) is 0 Å². The second kappa shape index (κ2) is 3.91. The SMILES string of the molecule is CC(C)CCCC(O)(O)O. The molecule has 3 N–H and O–H groups in total. The second-order valence-electron chi connectivity index (χ2n) is 3.06. The summed E-state index contributed by atoms with van der Waals surface area (Å²) in [6.07, 6.45) is 1.58. The fraction of sp³-hybridized carbons (Fsp3) is 1.00. The molecule has 10 heavy (non-hydrogen) atoms. The molecule has 0 rings (SSSR count). The van der Waals surface area contributed by atoms with Crippen LogP contribution in [0.3, 0.4) is 0 Å². The van der Waals surface area contributed by atoms with Gasteiger partial charge in [0.15, 0.2) is 0 Å². The maximum atomic E-state index is 8.44. The molecule has 0 aromatic heterocycles. The molecular weight excluding hydrogens is 132 g/mol. The van der Waals surface area contributed by atoms with Gasteiger partial charge in [-0.2, -0.15) is 0 Å². The standard InChI is InChI=1S/C7H16O3/c1-6(2)4-3-5-7(8,9)10/h6,8-10H,3-5H2,1-2H3. The lowest BCUT2D eigenvalue weighted by atomic mass is 10.1. The Balaban J connectivity index is 3.21. The molecule has 0 spiro atoms. The molecule has 62 valence electrons. The molecule has 0 heterocycles. The zero-order valence-electron chi connectivity index (χ0n) is 6.54. The van der Waals surface area contributed by atoms with Crippen molar-refractivity contribution in [1.82, 2.24) is 0 Å². The first-order valence-corrected chi connectivity index (χ1v) is 3.59. The topological polar surface area (TPSA) is 60.7 Å². The highest BCUT2D eigenvalue weighted by atomic mass is 16.7. The van der Waals surface area contributed by atoms with Crippen LogP contribution in [0.15, 0.2) is 0 Å². The Morgan fingerprint density at radius 3 is 2.00 bits per heavy atom. The maximum Gasteiger partial charge on any atom is 0.275 e. The molecule has 0 unspecified atom stereocenters. The summed E-state index contributed by atoms with van der Waals surface area (Å²) in [6.45, 7) is 4.10. The van der Waals surface area contributed by atoms with Gasteiger partial charge in [-0.1, -0.05) is 20.3 Å². The van der Waals surface area contributed by atoms with E-state index in [1.54, 1.807) is 0 Å². The Kier molecular flexibility index (Phi) is 3.86. The van der Waals surface area contributed by atoms with E-state index < -0.39 is 5.97 Å². The van der Waals surface area contributed by atoms with Crippen LogP contribution in [-0.4, -0.2) is 21.3 Å². The average Bonchev–Trinajstić information content (AvgIpc) is 1.59. The van der Waals surface area contributed by atoms with Crippen LogP contribution in [0.25, 0.3) is 0 Å². The molecule has 0 radical (unpaired) electrons. The number of hydrogen-bond acceptors (Lipinski definition) is 3. The van der Waals surface area contributed by atoms with Crippen LogP contribution < -0.4 is 0 Å². The van der Waals surface area contributed by atoms with Gasteiger partial charge < -0.3 is 15.3 Å². The van der Waals surface area contributed by atoms with Crippen molar-refractivity contribution in [2.75, 3.05) is 0 Å². The van der Waals surface area contributed by atoms with Gasteiger partial charge in [-0.3, -0.25) is 0 Å². The van der Waals surface area contributed by atoms with Crippen molar-refractivity contribution in [1.29, 1.82) is 0 Å². The molecule has 0 aromatic rings. The molecule has 0 fully saturated rings. The lowest BCUT2D eigenvalue weighted by Gasteiger charge is -2.13. The number of rotatable bonds is 4. The summed E-state index contributed by atoms with van der Waals surface area (Å²) < 4.78 is 0. The second-order valence-corrected chi connectivity index (χ2v) is 3.06. The third-order valence-electron chi connectivity index (χ3n) is 1.29. The van der Waals surface area contributed by atoms with Crippen LogP contribution in [0.2, 0.25) is 0 Å². The Morgan fingerprint density at radius 2 is 1.70 bits per heavy atom. The summed E-state index contributed by atoms with van der Waals surface area (Å²) in [5.41, 5.74) is 0. The summed E-state index contributed by atoms with van der Waals surface area (Å²) in [5.74, 6) is -1.92. The Hall–Kier alpha value is -0.120. The first-order chi connectivity index (χ1) is 4.42. The summed E-state index contributed by atoms with van der Waals surface area (Å²) >= 11 is 0. The van der Waals surface area contributed by atoms with E-state index in [9.17, 15) is 0 Å². The molecule has 0 amide bonds. The van der Waals surface area contributed by atoms with E-state index in [0.717, 1.165) is 6.42 Å². The van der Waals surface area contributed by atoms with Gasteiger partial charge in [0.05, 0.1) is 0 Å². The first kappa shape index (κ1) is 9.88. The number of aliphatic hydroxyl groups is 3. The van der Waals surface area contributed by atoms with Gasteiger partial charge in [0.25, 0.3) is 5.97 Å². The monoisotopic (exact) mass is 148 g/mol. The van der Waals surface area contributed by atoms with E-state index in [2.05, 4.69) is 0 Å². The Bertz CT molecular complexity index is 83.3. The van der Waals surface area contributed by atoms with Crippen LogP contribution in [0, 0.1) is 5.92 Å². The van der Waals surface area contributed by atoms with Gasteiger partial charge in [0.1, 0.15) is 0 Å². The lowest BCUT2D eigenvalue weighted by molar-refractivity contribution is -0.315. The van der Waals surface area contributed by atoms with Crippen molar-refractivity contribution < 1.29 is 15.3 Å². The normalized spacial score (nSPS) is 12.6. The molecular formula is C7H16O3. The largest absolute Gasteiger partial charge is 0.344 e. The van der Waals surface area contributed by atoms with Crippen molar-refractivity contribution in [2.45, 2.75) is 39.1 Å². The molecule has 0 aromatic carbocycles. The molecule has 0 saturated heterocycles. The summed E-state index contributed by atoms with van der Waals surface area (Å²) in [5, 5.41) is 25.3. The minimum absolute atomic E-state index is 0.0329. The molecule has 0 atom stereocenters. The fourth-order valence-electron chi connectivity index (χ4n) is 0.747. The third kappa shape index (κ3) is 7.88. The summed E-state index contributed by atoms with van der Waals surface area (Å²) in [7, 11) is 0. The van der Waals surface area contributed by atoms with Gasteiger partial charge in [-0.05, 0) is 12.3 Å². The van der Waals surface area contributed by atoms with E-state index in [1.165, 1.54) is 0 Å².